The Morgan fingerprint density at radius 2 is 1.61 bits per heavy atom. The molecule has 0 unspecified atom stereocenters. The second-order valence-corrected chi connectivity index (χ2v) is 6.68. The molecule has 124 valence electrons. The summed E-state index contributed by atoms with van der Waals surface area (Å²) in [6.07, 6.45) is 0. The summed E-state index contributed by atoms with van der Waals surface area (Å²) in [5.74, 6) is 0.834. The van der Waals surface area contributed by atoms with Crippen LogP contribution in [0.25, 0.3) is 0 Å². The largest absolute Gasteiger partial charge is 0.497 e. The predicted octanol–water partition coefficient (Wildman–Crippen LogP) is 2.58. The van der Waals surface area contributed by atoms with Crippen molar-refractivity contribution in [2.24, 2.45) is 0 Å². The maximum absolute atomic E-state index is 12.9. The van der Waals surface area contributed by atoms with Crippen LogP contribution in [0.5, 0.6) is 11.5 Å². The minimum Gasteiger partial charge on any atom is -0.497 e. The fourth-order valence-corrected chi connectivity index (χ4v) is 3.10. The predicted molar refractivity (Wildman–Crippen MR) is 84.7 cm³/mol. The molecule has 0 aliphatic carbocycles. The van der Waals surface area contributed by atoms with Gasteiger partial charge < -0.3 is 9.47 Å². The van der Waals surface area contributed by atoms with Crippen LogP contribution in [-0.4, -0.2) is 28.2 Å². The van der Waals surface area contributed by atoms with Crippen molar-refractivity contribution >= 4 is 10.0 Å². The Bertz CT molecular complexity index is 730. The lowest BCUT2D eigenvalue weighted by Crippen LogP contribution is -2.36. The van der Waals surface area contributed by atoms with E-state index in [0.29, 0.717) is 11.5 Å². The molecule has 0 heterocycles. The minimum atomic E-state index is -3.71. The summed E-state index contributed by atoms with van der Waals surface area (Å²) in [6.45, 7) is 1.84. The Morgan fingerprint density at radius 1 is 1.04 bits per heavy atom. The number of rotatable bonds is 7. The number of hydrogen-bond acceptors (Lipinski definition) is 4. The average Bonchev–Trinajstić information content (AvgIpc) is 2.53. The van der Waals surface area contributed by atoms with Crippen molar-refractivity contribution in [3.63, 3.8) is 0 Å². The second-order valence-electron chi connectivity index (χ2n) is 4.96. The minimum absolute atomic E-state index is 0.00944. The number of sulfonamides is 1. The molecule has 2 aromatic carbocycles. The third-order valence-electron chi connectivity index (χ3n) is 3.04. The van der Waals surface area contributed by atoms with Crippen LogP contribution in [0.1, 0.15) is 6.92 Å². The summed E-state index contributed by atoms with van der Waals surface area (Å²) < 4.78 is 50.2. The number of hydrogen-bond donors (Lipinski definition) is 1. The molecule has 5 nitrogen and oxygen atoms in total. The maximum Gasteiger partial charge on any atom is 0.240 e. The van der Waals surface area contributed by atoms with Gasteiger partial charge in [0.1, 0.15) is 23.9 Å². The van der Waals surface area contributed by atoms with Gasteiger partial charge in [-0.05, 0) is 55.5 Å². The molecule has 0 aliphatic heterocycles. The van der Waals surface area contributed by atoms with Gasteiger partial charge in [-0.15, -0.1) is 0 Å². The van der Waals surface area contributed by atoms with Gasteiger partial charge in [0.15, 0.2) is 0 Å². The summed E-state index contributed by atoms with van der Waals surface area (Å²) >= 11 is 0. The average molecular weight is 339 g/mol. The van der Waals surface area contributed by atoms with Gasteiger partial charge in [0.25, 0.3) is 0 Å². The van der Waals surface area contributed by atoms with Crippen LogP contribution in [0.4, 0.5) is 4.39 Å². The lowest BCUT2D eigenvalue weighted by atomic mass is 10.3. The molecule has 0 fully saturated rings. The first-order chi connectivity index (χ1) is 10.9. The van der Waals surface area contributed by atoms with E-state index < -0.39 is 21.9 Å². The number of nitrogens with one attached hydrogen (secondary N) is 1. The van der Waals surface area contributed by atoms with Crippen LogP contribution in [-0.2, 0) is 10.0 Å². The standard InChI is InChI=1S/C16H18FNO4S/c1-12(11-22-15-7-5-14(21-2)6-8-15)18-23(19,20)16-9-3-13(17)4-10-16/h3-10,12,18H,11H2,1-2H3/t12-/m1/s1. The first-order valence-corrected chi connectivity index (χ1v) is 8.44. The molecule has 2 rings (SSSR count). The number of methoxy groups -OCH3 is 1. The van der Waals surface area contributed by atoms with Gasteiger partial charge in [-0.25, -0.2) is 17.5 Å². The molecule has 1 atom stereocenters. The second kappa shape index (κ2) is 7.43. The van der Waals surface area contributed by atoms with E-state index in [9.17, 15) is 12.8 Å². The van der Waals surface area contributed by atoms with Crippen molar-refractivity contribution < 1.29 is 22.3 Å². The zero-order chi connectivity index (χ0) is 16.9. The van der Waals surface area contributed by atoms with E-state index in [-0.39, 0.29) is 11.5 Å². The van der Waals surface area contributed by atoms with Crippen LogP contribution in [0.15, 0.2) is 53.4 Å². The van der Waals surface area contributed by atoms with Crippen molar-refractivity contribution in [2.45, 2.75) is 17.9 Å². The van der Waals surface area contributed by atoms with Gasteiger partial charge in [0, 0.05) is 0 Å². The molecular formula is C16H18FNO4S. The van der Waals surface area contributed by atoms with Gasteiger partial charge in [0.2, 0.25) is 10.0 Å². The Morgan fingerprint density at radius 3 is 2.17 bits per heavy atom. The highest BCUT2D eigenvalue weighted by atomic mass is 32.2. The molecule has 0 saturated carbocycles. The topological polar surface area (TPSA) is 64.6 Å². The smallest absolute Gasteiger partial charge is 0.240 e. The number of benzene rings is 2. The van der Waals surface area contributed by atoms with Crippen LogP contribution in [0.3, 0.4) is 0 Å². The zero-order valence-electron chi connectivity index (χ0n) is 12.8. The molecule has 0 radical (unpaired) electrons. The van der Waals surface area contributed by atoms with E-state index >= 15 is 0 Å². The third kappa shape index (κ3) is 4.94. The summed E-state index contributed by atoms with van der Waals surface area (Å²) in [4.78, 5) is 0.00944. The highest BCUT2D eigenvalue weighted by molar-refractivity contribution is 7.89. The van der Waals surface area contributed by atoms with Crippen LogP contribution >= 0.6 is 0 Å². The van der Waals surface area contributed by atoms with Crippen molar-refractivity contribution in [1.29, 1.82) is 0 Å². The van der Waals surface area contributed by atoms with Gasteiger partial charge in [-0.1, -0.05) is 0 Å². The molecule has 1 N–H and O–H groups in total. The highest BCUT2D eigenvalue weighted by Gasteiger charge is 2.17. The molecule has 0 spiro atoms. The number of ether oxygens (including phenoxy) is 2. The van der Waals surface area contributed by atoms with E-state index in [0.717, 1.165) is 12.1 Å². The SMILES string of the molecule is COc1ccc(OC[C@@H](C)NS(=O)(=O)c2ccc(F)cc2)cc1. The van der Waals surface area contributed by atoms with E-state index in [2.05, 4.69) is 4.72 Å². The highest BCUT2D eigenvalue weighted by Crippen LogP contribution is 2.17. The van der Waals surface area contributed by atoms with E-state index in [1.807, 2.05) is 0 Å². The summed E-state index contributed by atoms with van der Waals surface area (Å²) in [6, 6.07) is 11.2. The Balaban J connectivity index is 1.92. The molecular weight excluding hydrogens is 321 g/mol. The Hall–Kier alpha value is -2.12. The van der Waals surface area contributed by atoms with Gasteiger partial charge in [-0.3, -0.25) is 0 Å². The van der Waals surface area contributed by atoms with Crippen LogP contribution in [0.2, 0.25) is 0 Å². The normalized spacial score (nSPS) is 12.7. The molecule has 0 amide bonds. The molecule has 2 aromatic rings. The Kier molecular flexibility index (Phi) is 5.57. The molecule has 0 saturated heterocycles. The number of halogens is 1. The summed E-state index contributed by atoms with van der Waals surface area (Å²) in [5.41, 5.74) is 0. The maximum atomic E-state index is 12.9. The lowest BCUT2D eigenvalue weighted by Gasteiger charge is -2.15. The molecule has 0 bridgehead atoms. The monoisotopic (exact) mass is 339 g/mol. The fourth-order valence-electron chi connectivity index (χ4n) is 1.87. The molecule has 7 heteroatoms. The van der Waals surface area contributed by atoms with Gasteiger partial charge >= 0.3 is 0 Å². The molecule has 23 heavy (non-hydrogen) atoms. The van der Waals surface area contributed by atoms with E-state index in [1.54, 1.807) is 38.3 Å². The van der Waals surface area contributed by atoms with E-state index in [1.165, 1.54) is 12.1 Å². The quantitative estimate of drug-likeness (QED) is 0.842. The first-order valence-electron chi connectivity index (χ1n) is 6.95. The van der Waals surface area contributed by atoms with Crippen molar-refractivity contribution in [1.82, 2.24) is 4.72 Å². The van der Waals surface area contributed by atoms with Gasteiger partial charge in [0.05, 0.1) is 18.0 Å². The third-order valence-corrected chi connectivity index (χ3v) is 4.65. The van der Waals surface area contributed by atoms with Gasteiger partial charge in [-0.2, -0.15) is 0 Å². The lowest BCUT2D eigenvalue weighted by molar-refractivity contribution is 0.287. The van der Waals surface area contributed by atoms with E-state index in [4.69, 9.17) is 9.47 Å². The summed E-state index contributed by atoms with van der Waals surface area (Å²) in [7, 11) is -2.14. The first kappa shape index (κ1) is 17.2. The van der Waals surface area contributed by atoms with Crippen molar-refractivity contribution in [3.05, 3.63) is 54.3 Å². The van der Waals surface area contributed by atoms with Crippen LogP contribution in [0, 0.1) is 5.82 Å². The molecule has 0 aromatic heterocycles. The van der Waals surface area contributed by atoms with Crippen LogP contribution < -0.4 is 14.2 Å². The summed E-state index contributed by atoms with van der Waals surface area (Å²) in [5, 5.41) is 0. The van der Waals surface area contributed by atoms with Crippen molar-refractivity contribution in [2.75, 3.05) is 13.7 Å². The molecule has 0 aliphatic rings. The van der Waals surface area contributed by atoms with Crippen molar-refractivity contribution in [3.8, 4) is 11.5 Å². The fraction of sp³-hybridized carbons (Fsp3) is 0.250. The zero-order valence-corrected chi connectivity index (χ0v) is 13.6. The Labute approximate surface area is 135 Å².